The molecule has 4 N–H and O–H groups in total. The number of rotatable bonds is 5. The molecule has 0 spiro atoms. The number of nitrogens with one attached hydrogen (secondary N) is 1. The highest BCUT2D eigenvalue weighted by Crippen LogP contribution is 2.59. The Morgan fingerprint density at radius 1 is 1.22 bits per heavy atom. The van der Waals surface area contributed by atoms with Gasteiger partial charge in [-0.2, -0.15) is 0 Å². The molecule has 1 saturated heterocycles. The molecule has 0 radical (unpaired) electrons. The maximum absolute atomic E-state index is 13.8. The predicted octanol–water partition coefficient (Wildman–Crippen LogP) is 3.04. The summed E-state index contributed by atoms with van der Waals surface area (Å²) in [5.41, 5.74) is 7.16. The number of hydrogen-bond donors (Lipinski definition) is 3. The minimum atomic E-state index is -1.08. The maximum atomic E-state index is 13.8. The zero-order valence-corrected chi connectivity index (χ0v) is 21.3. The molecule has 12 heteroatoms. The summed E-state index contributed by atoms with van der Waals surface area (Å²) in [5, 5.41) is 13.3. The summed E-state index contributed by atoms with van der Waals surface area (Å²) in [7, 11) is 0. The lowest BCUT2D eigenvalue weighted by molar-refractivity contribution is -0.138. The number of carboxylic acid groups (broad SMARTS) is 1. The fourth-order valence-electron chi connectivity index (χ4n) is 5.50. The minimum absolute atomic E-state index is 0.0300. The van der Waals surface area contributed by atoms with Gasteiger partial charge >= 0.3 is 5.97 Å². The number of amides is 2. The Labute approximate surface area is 218 Å². The van der Waals surface area contributed by atoms with Crippen LogP contribution in [0.15, 0.2) is 47.3 Å². The van der Waals surface area contributed by atoms with E-state index in [-0.39, 0.29) is 41.2 Å². The van der Waals surface area contributed by atoms with Crippen LogP contribution in [0.3, 0.4) is 0 Å². The van der Waals surface area contributed by atoms with E-state index in [9.17, 15) is 19.5 Å². The lowest BCUT2D eigenvalue weighted by Crippen LogP contribution is -2.46. The van der Waals surface area contributed by atoms with Gasteiger partial charge in [0.15, 0.2) is 0 Å². The summed E-state index contributed by atoms with van der Waals surface area (Å²) < 4.78 is 2.30. The zero-order chi connectivity index (χ0) is 26.1. The van der Waals surface area contributed by atoms with Crippen LogP contribution >= 0.6 is 15.9 Å². The highest BCUT2D eigenvalue weighted by molar-refractivity contribution is 9.10. The quantitative estimate of drug-likeness (QED) is 0.313. The maximum Gasteiger partial charge on any atom is 0.335 e. The molecule has 11 nitrogen and oxygen atoms in total. The Balaban J connectivity index is 1.35. The number of aromatic carboxylic acids is 1. The smallest absolute Gasteiger partial charge is 0.335 e. The van der Waals surface area contributed by atoms with Gasteiger partial charge in [0.1, 0.15) is 40.8 Å². The first-order valence-corrected chi connectivity index (χ1v) is 12.5. The fraction of sp³-hybridized carbons (Fsp3) is 0.280. The second-order valence-corrected chi connectivity index (χ2v) is 10.6. The molecule has 0 unspecified atom stereocenters. The number of likely N-dealkylation sites (tertiary alicyclic amines) is 1. The summed E-state index contributed by atoms with van der Waals surface area (Å²) in [6.07, 6.45) is 2.71. The van der Waals surface area contributed by atoms with Gasteiger partial charge in [-0.25, -0.2) is 19.7 Å². The zero-order valence-electron chi connectivity index (χ0n) is 19.7. The highest BCUT2D eigenvalue weighted by Gasteiger charge is 2.64. The van der Waals surface area contributed by atoms with Crippen molar-refractivity contribution in [3.05, 3.63) is 52.9 Å². The van der Waals surface area contributed by atoms with E-state index in [1.807, 2.05) is 0 Å². The average Bonchev–Trinajstić information content (AvgIpc) is 3.26. The van der Waals surface area contributed by atoms with E-state index in [1.54, 1.807) is 33.7 Å². The summed E-state index contributed by atoms with van der Waals surface area (Å²) in [4.78, 5) is 53.0. The number of pyridine rings is 1. The Hall–Kier alpha value is -4.06. The van der Waals surface area contributed by atoms with E-state index in [1.165, 1.54) is 18.5 Å². The first kappa shape index (κ1) is 23.3. The molecule has 3 aromatic heterocycles. The van der Waals surface area contributed by atoms with Crippen molar-refractivity contribution >= 4 is 67.3 Å². The number of hydrogen-bond acceptors (Lipinski definition) is 7. The minimum Gasteiger partial charge on any atom is -0.478 e. The third kappa shape index (κ3) is 3.79. The van der Waals surface area contributed by atoms with E-state index in [2.05, 4.69) is 43.1 Å². The summed E-state index contributed by atoms with van der Waals surface area (Å²) in [6, 6.07) is 9.19. The van der Waals surface area contributed by atoms with Crippen LogP contribution in [0, 0.1) is 5.41 Å². The Bertz CT molecular complexity index is 1640. The molecule has 0 bridgehead atoms. The van der Waals surface area contributed by atoms with Crippen LogP contribution in [0.4, 0.5) is 11.6 Å². The lowest BCUT2D eigenvalue weighted by Gasteiger charge is -2.27. The van der Waals surface area contributed by atoms with Crippen molar-refractivity contribution in [3.8, 4) is 0 Å². The molecule has 3 atom stereocenters. The van der Waals surface area contributed by atoms with Crippen LogP contribution in [0.25, 0.3) is 21.9 Å². The normalized spacial score (nSPS) is 22.3. The molecule has 1 saturated carbocycles. The standard InChI is InChI=1S/C25H22BrN7O4/c1-25-8-15(23(35)31-18-4-2-3-17(26)30-18)33(16(25)9-25)19(34)10-32-14-6-5-12(24(36)37)7-13(14)20-21(27)28-11-29-22(20)32/h2-7,11,15-16H,8-10H2,1H3,(H,36,37)(H2,27,28,29)(H,30,31,35)/t15-,16+,25-/m0/s1. The van der Waals surface area contributed by atoms with Gasteiger partial charge in [-0.15, -0.1) is 0 Å². The van der Waals surface area contributed by atoms with Crippen LogP contribution in [0.1, 0.15) is 30.1 Å². The second-order valence-electron chi connectivity index (χ2n) is 9.81. The molecule has 6 rings (SSSR count). The number of nitrogens with two attached hydrogens (primary N) is 1. The Kier molecular flexibility index (Phi) is 5.19. The molecular weight excluding hydrogens is 542 g/mol. The Morgan fingerprint density at radius 3 is 2.78 bits per heavy atom. The van der Waals surface area contributed by atoms with Gasteiger partial charge in [0.05, 0.1) is 16.5 Å². The molecule has 4 aromatic rings. The number of nitrogens with zero attached hydrogens (tertiary/aromatic N) is 5. The number of aromatic nitrogens is 4. The van der Waals surface area contributed by atoms with Crippen LogP contribution in [-0.2, 0) is 16.1 Å². The van der Waals surface area contributed by atoms with Crippen molar-refractivity contribution in [3.63, 3.8) is 0 Å². The number of anilines is 2. The van der Waals surface area contributed by atoms with Crippen molar-refractivity contribution < 1.29 is 19.5 Å². The van der Waals surface area contributed by atoms with Crippen LogP contribution in [-0.4, -0.2) is 59.4 Å². The molecule has 2 amide bonds. The van der Waals surface area contributed by atoms with Gasteiger partial charge in [-0.1, -0.05) is 13.0 Å². The van der Waals surface area contributed by atoms with Crippen LogP contribution in [0.2, 0.25) is 0 Å². The van der Waals surface area contributed by atoms with E-state index in [0.29, 0.717) is 38.8 Å². The number of carboxylic acids is 1. The lowest BCUT2D eigenvalue weighted by atomic mass is 10.0. The van der Waals surface area contributed by atoms with Gasteiger partial charge in [0.25, 0.3) is 0 Å². The molecular formula is C25H22BrN7O4. The number of nitrogen functional groups attached to an aromatic ring is 1. The number of carbonyl (C=O) groups excluding carboxylic acids is 2. The monoisotopic (exact) mass is 563 g/mol. The number of halogens is 1. The van der Waals surface area contributed by atoms with Gasteiger partial charge in [0.2, 0.25) is 11.8 Å². The predicted molar refractivity (Wildman–Crippen MR) is 139 cm³/mol. The summed E-state index contributed by atoms with van der Waals surface area (Å²) in [5.74, 6) is -0.993. The molecule has 1 aliphatic carbocycles. The van der Waals surface area contributed by atoms with Crippen molar-refractivity contribution in [2.45, 2.75) is 38.4 Å². The molecule has 188 valence electrons. The van der Waals surface area contributed by atoms with Gasteiger partial charge < -0.3 is 25.6 Å². The van der Waals surface area contributed by atoms with Crippen molar-refractivity contribution in [2.24, 2.45) is 5.41 Å². The van der Waals surface area contributed by atoms with E-state index >= 15 is 0 Å². The third-order valence-corrected chi connectivity index (χ3v) is 7.84. The third-order valence-electron chi connectivity index (χ3n) is 7.40. The number of benzene rings is 1. The Morgan fingerprint density at radius 2 is 2.03 bits per heavy atom. The number of fused-ring (bicyclic) bond motifs is 4. The van der Waals surface area contributed by atoms with Gasteiger partial charge in [-0.3, -0.25) is 9.59 Å². The summed E-state index contributed by atoms with van der Waals surface area (Å²) >= 11 is 3.30. The molecule has 4 heterocycles. The van der Waals surface area contributed by atoms with Crippen LogP contribution in [0.5, 0.6) is 0 Å². The second kappa shape index (κ2) is 8.23. The molecule has 2 fully saturated rings. The van der Waals surface area contributed by atoms with E-state index in [0.717, 1.165) is 6.42 Å². The van der Waals surface area contributed by atoms with E-state index < -0.39 is 12.0 Å². The van der Waals surface area contributed by atoms with Crippen molar-refractivity contribution in [1.82, 2.24) is 24.4 Å². The molecule has 37 heavy (non-hydrogen) atoms. The molecule has 1 aliphatic heterocycles. The summed E-state index contributed by atoms with van der Waals surface area (Å²) in [6.45, 7) is 2.00. The SMILES string of the molecule is C[C@@]12C[C@@H](C(=O)Nc3cccc(Br)n3)N(C(=O)Cn3c4ccc(C(=O)O)cc4c4c(N)ncnc43)[C@@H]1C2. The first-order valence-electron chi connectivity index (χ1n) is 11.7. The largest absolute Gasteiger partial charge is 0.478 e. The van der Waals surface area contributed by atoms with Gasteiger partial charge in [-0.05, 0) is 64.5 Å². The van der Waals surface area contributed by atoms with E-state index in [4.69, 9.17) is 5.73 Å². The molecule has 2 aliphatic rings. The fourth-order valence-corrected chi connectivity index (χ4v) is 5.84. The highest BCUT2D eigenvalue weighted by atomic mass is 79.9. The molecule has 1 aromatic carbocycles. The average molecular weight is 564 g/mol. The van der Waals surface area contributed by atoms with Crippen LogP contribution < -0.4 is 11.1 Å². The first-order chi connectivity index (χ1) is 17.7. The van der Waals surface area contributed by atoms with Gasteiger partial charge in [0, 0.05) is 11.4 Å². The van der Waals surface area contributed by atoms with Crippen molar-refractivity contribution in [1.29, 1.82) is 0 Å². The topological polar surface area (TPSA) is 156 Å². The number of piperidine rings is 1. The van der Waals surface area contributed by atoms with Crippen molar-refractivity contribution in [2.75, 3.05) is 11.1 Å². The number of carbonyl (C=O) groups is 3.